The van der Waals surface area contributed by atoms with E-state index in [9.17, 15) is 0 Å². The molecule has 0 saturated carbocycles. The van der Waals surface area contributed by atoms with E-state index in [4.69, 9.17) is 9.31 Å². The van der Waals surface area contributed by atoms with E-state index in [1.807, 2.05) is 18.3 Å². The maximum absolute atomic E-state index is 6.10. The minimum absolute atomic E-state index is 0.312. The van der Waals surface area contributed by atoms with Crippen molar-refractivity contribution in [2.24, 2.45) is 0 Å². The zero-order valence-electron chi connectivity index (χ0n) is 11.6. The van der Waals surface area contributed by atoms with Crippen LogP contribution < -0.4 is 5.46 Å². The molecule has 0 spiro atoms. The Labute approximate surface area is 121 Å². The van der Waals surface area contributed by atoms with Crippen molar-refractivity contribution in [3.05, 3.63) is 28.9 Å². The molecule has 0 aliphatic carbocycles. The van der Waals surface area contributed by atoms with E-state index >= 15 is 0 Å². The molecule has 1 N–H and O–H groups in total. The Morgan fingerprint density at radius 3 is 2.37 bits per heavy atom. The molecule has 0 amide bonds. The molecule has 0 bridgehead atoms. The van der Waals surface area contributed by atoms with Crippen LogP contribution in [0.4, 0.5) is 0 Å². The number of aromatic nitrogens is 1. The number of nitrogens with one attached hydrogen (secondary N) is 1. The molecular weight excluding hydrogens is 305 g/mol. The van der Waals surface area contributed by atoms with Crippen LogP contribution in [0.5, 0.6) is 0 Å². The molecule has 1 aliphatic rings. The molecule has 0 radical (unpaired) electrons. The molecule has 1 aromatic carbocycles. The largest absolute Gasteiger partial charge is 0.497 e. The fraction of sp³-hybridized carbons (Fsp3) is 0.429. The van der Waals surface area contributed by atoms with Gasteiger partial charge in [0.25, 0.3) is 0 Å². The highest BCUT2D eigenvalue weighted by Gasteiger charge is 2.52. The van der Waals surface area contributed by atoms with Crippen molar-refractivity contribution in [1.82, 2.24) is 4.98 Å². The third-order valence-electron chi connectivity index (χ3n) is 4.18. The van der Waals surface area contributed by atoms with Gasteiger partial charge in [-0.1, -0.05) is 15.9 Å². The lowest BCUT2D eigenvalue weighted by Gasteiger charge is -2.32. The van der Waals surface area contributed by atoms with Gasteiger partial charge in [-0.15, -0.1) is 0 Å². The van der Waals surface area contributed by atoms with Crippen molar-refractivity contribution in [2.45, 2.75) is 38.9 Å². The molecule has 19 heavy (non-hydrogen) atoms. The van der Waals surface area contributed by atoms with Gasteiger partial charge >= 0.3 is 7.12 Å². The number of rotatable bonds is 1. The second-order valence-electron chi connectivity index (χ2n) is 6.02. The number of H-pyrrole nitrogens is 1. The lowest BCUT2D eigenvalue weighted by atomic mass is 9.79. The highest BCUT2D eigenvalue weighted by atomic mass is 79.9. The number of halogens is 1. The third kappa shape index (κ3) is 2.04. The van der Waals surface area contributed by atoms with E-state index in [0.717, 1.165) is 20.8 Å². The molecular formula is C14H17BBrNO2. The summed E-state index contributed by atoms with van der Waals surface area (Å²) in [7, 11) is -0.326. The highest BCUT2D eigenvalue weighted by Crippen LogP contribution is 2.37. The minimum Gasteiger partial charge on any atom is -0.399 e. The van der Waals surface area contributed by atoms with Crippen LogP contribution in [0.2, 0.25) is 0 Å². The summed E-state index contributed by atoms with van der Waals surface area (Å²) in [5, 5.41) is 1.13. The first-order valence-electron chi connectivity index (χ1n) is 6.42. The molecule has 2 aromatic rings. The van der Waals surface area contributed by atoms with Crippen molar-refractivity contribution in [3.63, 3.8) is 0 Å². The molecule has 100 valence electrons. The van der Waals surface area contributed by atoms with Crippen molar-refractivity contribution in [1.29, 1.82) is 0 Å². The Hall–Kier alpha value is -0.775. The van der Waals surface area contributed by atoms with Gasteiger partial charge in [0.15, 0.2) is 0 Å². The Morgan fingerprint density at radius 2 is 1.74 bits per heavy atom. The topological polar surface area (TPSA) is 34.2 Å². The standard InChI is InChI=1S/C14H17BBrNO2/c1-13(2)14(3,4)19-15(18-13)11-8-17-12-6-5-9(16)7-10(11)12/h5-8,17H,1-4H3. The van der Waals surface area contributed by atoms with Crippen LogP contribution in [0.3, 0.4) is 0 Å². The van der Waals surface area contributed by atoms with Gasteiger partial charge in [0, 0.05) is 27.0 Å². The number of benzene rings is 1. The van der Waals surface area contributed by atoms with Crippen LogP contribution in [-0.2, 0) is 9.31 Å². The first kappa shape index (κ1) is 13.2. The van der Waals surface area contributed by atoms with E-state index in [1.54, 1.807) is 0 Å². The Morgan fingerprint density at radius 1 is 1.11 bits per heavy atom. The van der Waals surface area contributed by atoms with Crippen LogP contribution in [0.1, 0.15) is 27.7 Å². The number of hydrogen-bond donors (Lipinski definition) is 1. The van der Waals surface area contributed by atoms with Gasteiger partial charge in [0.1, 0.15) is 0 Å². The third-order valence-corrected chi connectivity index (χ3v) is 4.68. The molecule has 3 nitrogen and oxygen atoms in total. The van der Waals surface area contributed by atoms with Crippen molar-refractivity contribution in [2.75, 3.05) is 0 Å². The highest BCUT2D eigenvalue weighted by molar-refractivity contribution is 9.10. The van der Waals surface area contributed by atoms with Crippen molar-refractivity contribution in [3.8, 4) is 0 Å². The summed E-state index contributed by atoms with van der Waals surface area (Å²) in [4.78, 5) is 3.27. The SMILES string of the molecule is CC1(C)OB(c2c[nH]c3ccc(Br)cc23)OC1(C)C. The van der Waals surface area contributed by atoms with Crippen LogP contribution >= 0.6 is 15.9 Å². The number of aromatic amines is 1. The van der Waals surface area contributed by atoms with E-state index in [1.165, 1.54) is 0 Å². The summed E-state index contributed by atoms with van der Waals surface area (Å²) in [6.45, 7) is 8.27. The molecule has 1 aliphatic heterocycles. The van der Waals surface area contributed by atoms with Crippen LogP contribution in [0, 0.1) is 0 Å². The smallest absolute Gasteiger partial charge is 0.399 e. The summed E-state index contributed by atoms with van der Waals surface area (Å²) in [5.41, 5.74) is 1.52. The van der Waals surface area contributed by atoms with Crippen LogP contribution in [0.15, 0.2) is 28.9 Å². The fourth-order valence-corrected chi connectivity index (χ4v) is 2.64. The molecule has 0 unspecified atom stereocenters. The first-order valence-corrected chi connectivity index (χ1v) is 7.22. The Balaban J connectivity index is 2.05. The van der Waals surface area contributed by atoms with Crippen molar-refractivity contribution >= 4 is 39.4 Å². The lowest BCUT2D eigenvalue weighted by Crippen LogP contribution is -2.41. The molecule has 1 saturated heterocycles. The van der Waals surface area contributed by atoms with Gasteiger partial charge < -0.3 is 14.3 Å². The number of hydrogen-bond acceptors (Lipinski definition) is 2. The van der Waals surface area contributed by atoms with Crippen molar-refractivity contribution < 1.29 is 9.31 Å². The maximum atomic E-state index is 6.10. The average Bonchev–Trinajstić information content (AvgIpc) is 2.77. The maximum Gasteiger partial charge on any atom is 0.497 e. The molecule has 2 heterocycles. The second-order valence-corrected chi connectivity index (χ2v) is 6.94. The summed E-state index contributed by atoms with van der Waals surface area (Å²) in [6.07, 6.45) is 1.97. The van der Waals surface area contributed by atoms with Gasteiger partial charge in [-0.05, 0) is 45.9 Å². The predicted octanol–water partition coefficient (Wildman–Crippen LogP) is 3.23. The zero-order valence-corrected chi connectivity index (χ0v) is 13.2. The quantitative estimate of drug-likeness (QED) is 0.818. The summed E-state index contributed by atoms with van der Waals surface area (Å²) in [6, 6.07) is 6.16. The molecule has 0 atom stereocenters. The predicted molar refractivity (Wildman–Crippen MR) is 81.7 cm³/mol. The Bertz CT molecular complexity index is 619. The molecule has 3 rings (SSSR count). The van der Waals surface area contributed by atoms with Gasteiger partial charge in [0.2, 0.25) is 0 Å². The van der Waals surface area contributed by atoms with Gasteiger partial charge in [-0.2, -0.15) is 0 Å². The first-order chi connectivity index (χ1) is 8.80. The normalized spacial score (nSPS) is 21.2. The van der Waals surface area contributed by atoms with Gasteiger partial charge in [0.05, 0.1) is 11.2 Å². The van der Waals surface area contributed by atoms with Gasteiger partial charge in [-0.25, -0.2) is 0 Å². The van der Waals surface area contributed by atoms with E-state index in [2.05, 4.69) is 54.7 Å². The summed E-state index contributed by atoms with van der Waals surface area (Å²) in [5.74, 6) is 0. The monoisotopic (exact) mass is 321 g/mol. The second kappa shape index (κ2) is 4.11. The fourth-order valence-electron chi connectivity index (χ4n) is 2.28. The molecule has 1 aromatic heterocycles. The van der Waals surface area contributed by atoms with E-state index < -0.39 is 0 Å². The summed E-state index contributed by atoms with van der Waals surface area (Å²) >= 11 is 3.51. The Kier molecular flexibility index (Phi) is 2.86. The average molecular weight is 322 g/mol. The van der Waals surface area contributed by atoms with E-state index in [0.29, 0.717) is 0 Å². The summed E-state index contributed by atoms with van der Waals surface area (Å²) < 4.78 is 13.3. The molecule has 5 heteroatoms. The number of fused-ring (bicyclic) bond motifs is 1. The van der Waals surface area contributed by atoms with E-state index in [-0.39, 0.29) is 18.3 Å². The minimum atomic E-state index is -0.326. The lowest BCUT2D eigenvalue weighted by molar-refractivity contribution is 0.00578. The molecule has 1 fully saturated rings. The van der Waals surface area contributed by atoms with Crippen LogP contribution in [-0.4, -0.2) is 23.3 Å². The zero-order chi connectivity index (χ0) is 13.8. The van der Waals surface area contributed by atoms with Crippen LogP contribution in [0.25, 0.3) is 10.9 Å². The van der Waals surface area contributed by atoms with Gasteiger partial charge in [-0.3, -0.25) is 0 Å².